The number of carbonyl (C=O) groups is 1. The number of aromatic nitrogens is 2. The van der Waals surface area contributed by atoms with Crippen molar-refractivity contribution in [2.24, 2.45) is 0 Å². The highest BCUT2D eigenvalue weighted by Crippen LogP contribution is 2.18. The van der Waals surface area contributed by atoms with E-state index in [1.165, 1.54) is 10.6 Å². The molecule has 0 saturated heterocycles. The van der Waals surface area contributed by atoms with Gasteiger partial charge in [0.25, 0.3) is 5.56 Å². The molecule has 4 rings (SSSR count). The molecule has 4 aromatic rings. The minimum Gasteiger partial charge on any atom is -0.344 e. The van der Waals surface area contributed by atoms with Gasteiger partial charge in [0.2, 0.25) is 0 Å². The lowest BCUT2D eigenvalue weighted by atomic mass is 10.1. The number of amides is 1. The summed E-state index contributed by atoms with van der Waals surface area (Å²) >= 11 is 0. The number of hydrogen-bond donors (Lipinski definition) is 1. The van der Waals surface area contributed by atoms with Crippen LogP contribution in [-0.2, 0) is 11.3 Å². The fraction of sp³-hybridized carbons (Fsp3) is 0.0769. The summed E-state index contributed by atoms with van der Waals surface area (Å²) in [5.41, 5.74) is 2.18. The molecule has 3 aromatic carbocycles. The van der Waals surface area contributed by atoms with E-state index in [-0.39, 0.29) is 12.1 Å². The first kappa shape index (κ1) is 23.4. The third-order valence-corrected chi connectivity index (χ3v) is 5.15. The van der Waals surface area contributed by atoms with Crippen LogP contribution in [0, 0.1) is 11.3 Å². The number of halogens is 3. The highest BCUT2D eigenvalue weighted by Gasteiger charge is 2.38. The Labute approximate surface area is 197 Å². The number of nitrogens with one attached hydrogen (secondary N) is 1. The first-order valence-corrected chi connectivity index (χ1v) is 10.4. The summed E-state index contributed by atoms with van der Waals surface area (Å²) in [6, 6.07) is 22.0. The molecule has 0 aliphatic carbocycles. The smallest absolute Gasteiger partial charge is 0.344 e. The fourth-order valence-corrected chi connectivity index (χ4v) is 3.44. The number of fused-ring (bicyclic) bond motifs is 1. The van der Waals surface area contributed by atoms with Crippen LogP contribution < -0.4 is 10.9 Å². The number of nitrogens with zero attached hydrogens (tertiary/aromatic N) is 3. The number of hydrogen-bond acceptors (Lipinski definition) is 4. The van der Waals surface area contributed by atoms with Crippen LogP contribution in [-0.4, -0.2) is 21.6 Å². The third kappa shape index (κ3) is 5.28. The molecular weight excluding hydrogens is 457 g/mol. The molecule has 0 atom stereocenters. The molecule has 1 heterocycles. The van der Waals surface area contributed by atoms with Crippen LogP contribution in [0.25, 0.3) is 28.7 Å². The van der Waals surface area contributed by atoms with Gasteiger partial charge in [0, 0.05) is 6.54 Å². The minimum atomic E-state index is -4.99. The summed E-state index contributed by atoms with van der Waals surface area (Å²) in [4.78, 5) is 29.2. The van der Waals surface area contributed by atoms with E-state index >= 15 is 0 Å². The molecular formula is C26H17F3N4O2. The Morgan fingerprint density at radius 2 is 1.77 bits per heavy atom. The number of carbonyl (C=O) groups excluding carboxylic acids is 1. The molecule has 0 fully saturated rings. The molecule has 0 bridgehead atoms. The van der Waals surface area contributed by atoms with Gasteiger partial charge >= 0.3 is 12.1 Å². The Hall–Kier alpha value is -4.71. The fourth-order valence-electron chi connectivity index (χ4n) is 3.44. The van der Waals surface area contributed by atoms with Crippen LogP contribution in [0.4, 0.5) is 13.2 Å². The number of para-hydroxylation sites is 1. The van der Waals surface area contributed by atoms with Gasteiger partial charge in [-0.05, 0) is 53.6 Å². The number of alkyl halides is 3. The maximum atomic E-state index is 13.4. The third-order valence-electron chi connectivity index (χ3n) is 5.15. The predicted molar refractivity (Wildman–Crippen MR) is 125 cm³/mol. The molecule has 174 valence electrons. The molecule has 0 radical (unpaired) electrons. The molecule has 6 nitrogen and oxygen atoms in total. The maximum absolute atomic E-state index is 13.4. The molecule has 0 aliphatic heterocycles. The maximum Gasteiger partial charge on any atom is 0.471 e. The van der Waals surface area contributed by atoms with E-state index in [4.69, 9.17) is 5.26 Å². The Morgan fingerprint density at radius 1 is 1.03 bits per heavy atom. The van der Waals surface area contributed by atoms with Crippen molar-refractivity contribution in [1.29, 1.82) is 5.26 Å². The zero-order chi connectivity index (χ0) is 25.0. The predicted octanol–water partition coefficient (Wildman–Crippen LogP) is 4.61. The molecule has 0 saturated carbocycles. The van der Waals surface area contributed by atoms with Gasteiger partial charge in [-0.3, -0.25) is 14.2 Å². The standard InChI is InChI=1S/C26H17F3N4O2/c27-26(28,29)25(35)31-16-19-4-3-5-20(14-19)33-23(13-12-17-8-10-18(15-30)11-9-17)32-22-7-2-1-6-21(22)24(33)34/h1-14H,16H2,(H,31,35)/b13-12+. The minimum absolute atomic E-state index is 0.300. The van der Waals surface area contributed by atoms with E-state index < -0.39 is 12.1 Å². The highest BCUT2D eigenvalue weighted by atomic mass is 19.4. The van der Waals surface area contributed by atoms with Crippen LogP contribution in [0.1, 0.15) is 22.5 Å². The van der Waals surface area contributed by atoms with Crippen LogP contribution in [0.2, 0.25) is 0 Å². The van der Waals surface area contributed by atoms with Crippen molar-refractivity contribution in [3.63, 3.8) is 0 Å². The summed E-state index contributed by atoms with van der Waals surface area (Å²) in [6.45, 7) is -0.363. The molecule has 1 N–H and O–H groups in total. The summed E-state index contributed by atoms with van der Waals surface area (Å²) in [7, 11) is 0. The lowest BCUT2D eigenvalue weighted by molar-refractivity contribution is -0.173. The first-order valence-electron chi connectivity index (χ1n) is 10.4. The highest BCUT2D eigenvalue weighted by molar-refractivity contribution is 5.82. The quantitative estimate of drug-likeness (QED) is 0.458. The molecule has 0 aliphatic rings. The molecule has 0 unspecified atom stereocenters. The van der Waals surface area contributed by atoms with Crippen LogP contribution >= 0.6 is 0 Å². The lowest BCUT2D eigenvalue weighted by Gasteiger charge is -2.13. The van der Waals surface area contributed by atoms with Crippen molar-refractivity contribution in [3.8, 4) is 11.8 Å². The average Bonchev–Trinajstić information content (AvgIpc) is 2.86. The SMILES string of the molecule is N#Cc1ccc(/C=C/c2nc3ccccc3c(=O)n2-c2cccc(CNC(=O)C(F)(F)F)c2)cc1. The van der Waals surface area contributed by atoms with Crippen molar-refractivity contribution in [2.45, 2.75) is 12.7 Å². The molecule has 0 spiro atoms. The topological polar surface area (TPSA) is 87.8 Å². The van der Waals surface area contributed by atoms with E-state index in [0.29, 0.717) is 33.5 Å². The molecule has 1 amide bonds. The second-order valence-electron chi connectivity index (χ2n) is 7.55. The summed E-state index contributed by atoms with van der Waals surface area (Å²) < 4.78 is 38.9. The van der Waals surface area contributed by atoms with Gasteiger partial charge in [-0.15, -0.1) is 0 Å². The van der Waals surface area contributed by atoms with Gasteiger partial charge in [0.05, 0.1) is 28.2 Å². The van der Waals surface area contributed by atoms with Gasteiger partial charge in [-0.25, -0.2) is 4.98 Å². The summed E-state index contributed by atoms with van der Waals surface area (Å²) in [5.74, 6) is -1.74. The lowest BCUT2D eigenvalue weighted by Crippen LogP contribution is -2.36. The van der Waals surface area contributed by atoms with Crippen molar-refractivity contribution in [3.05, 3.63) is 106 Å². The Morgan fingerprint density at radius 3 is 2.49 bits per heavy atom. The van der Waals surface area contributed by atoms with E-state index in [9.17, 15) is 22.8 Å². The van der Waals surface area contributed by atoms with Crippen molar-refractivity contribution >= 4 is 29.0 Å². The average molecular weight is 474 g/mol. The van der Waals surface area contributed by atoms with Gasteiger partial charge in [0.15, 0.2) is 0 Å². The van der Waals surface area contributed by atoms with Crippen LogP contribution in [0.3, 0.4) is 0 Å². The first-order chi connectivity index (χ1) is 16.8. The van der Waals surface area contributed by atoms with Crippen molar-refractivity contribution in [1.82, 2.24) is 14.9 Å². The van der Waals surface area contributed by atoms with Gasteiger partial charge in [0.1, 0.15) is 5.82 Å². The second-order valence-corrected chi connectivity index (χ2v) is 7.55. The Bertz CT molecular complexity index is 1530. The van der Waals surface area contributed by atoms with Crippen molar-refractivity contribution < 1.29 is 18.0 Å². The van der Waals surface area contributed by atoms with E-state index in [0.717, 1.165) is 5.56 Å². The zero-order valence-corrected chi connectivity index (χ0v) is 18.1. The number of rotatable bonds is 5. The zero-order valence-electron chi connectivity index (χ0n) is 18.1. The van der Waals surface area contributed by atoms with E-state index in [2.05, 4.69) is 4.98 Å². The molecule has 9 heteroatoms. The summed E-state index contributed by atoms with van der Waals surface area (Å²) in [6.07, 6.45) is -1.60. The number of benzene rings is 3. The molecule has 35 heavy (non-hydrogen) atoms. The van der Waals surface area contributed by atoms with Crippen LogP contribution in [0.5, 0.6) is 0 Å². The largest absolute Gasteiger partial charge is 0.471 e. The van der Waals surface area contributed by atoms with Crippen molar-refractivity contribution in [2.75, 3.05) is 0 Å². The van der Waals surface area contributed by atoms with E-state index in [1.54, 1.807) is 78.9 Å². The van der Waals surface area contributed by atoms with Gasteiger partial charge < -0.3 is 5.32 Å². The normalized spacial score (nSPS) is 11.5. The molecule has 1 aromatic heterocycles. The van der Waals surface area contributed by atoms with Gasteiger partial charge in [-0.1, -0.05) is 42.5 Å². The Balaban J connectivity index is 1.77. The Kier molecular flexibility index (Phi) is 6.46. The number of nitriles is 1. The van der Waals surface area contributed by atoms with E-state index in [1.807, 2.05) is 11.4 Å². The van der Waals surface area contributed by atoms with Gasteiger partial charge in [-0.2, -0.15) is 18.4 Å². The van der Waals surface area contributed by atoms with Crippen LogP contribution in [0.15, 0.2) is 77.6 Å². The second kappa shape index (κ2) is 9.65. The monoisotopic (exact) mass is 474 g/mol. The summed E-state index contributed by atoms with van der Waals surface area (Å²) in [5, 5.41) is 11.2.